The van der Waals surface area contributed by atoms with Crippen molar-refractivity contribution in [1.82, 2.24) is 5.32 Å². The van der Waals surface area contributed by atoms with Crippen molar-refractivity contribution in [3.05, 3.63) is 29.8 Å². The molecule has 1 aromatic rings. The SMILES string of the molecule is CC(C)Oc1ccccc1CC(=O)NC(C)(C)CCC(=O)O. The van der Waals surface area contributed by atoms with E-state index in [9.17, 15) is 9.59 Å². The molecule has 0 saturated carbocycles. The molecule has 5 nitrogen and oxygen atoms in total. The molecular weight excluding hydrogens is 282 g/mol. The van der Waals surface area contributed by atoms with Crippen LogP contribution in [0, 0.1) is 0 Å². The van der Waals surface area contributed by atoms with Crippen LogP contribution >= 0.6 is 0 Å². The average Bonchev–Trinajstić information content (AvgIpc) is 2.37. The van der Waals surface area contributed by atoms with E-state index in [0.29, 0.717) is 12.2 Å². The number of hydrogen-bond acceptors (Lipinski definition) is 3. The summed E-state index contributed by atoms with van der Waals surface area (Å²) >= 11 is 0. The molecule has 0 fully saturated rings. The molecule has 0 spiro atoms. The van der Waals surface area contributed by atoms with E-state index < -0.39 is 11.5 Å². The number of carboxylic acid groups (broad SMARTS) is 1. The maximum Gasteiger partial charge on any atom is 0.303 e. The highest BCUT2D eigenvalue weighted by Crippen LogP contribution is 2.20. The second kappa shape index (κ2) is 7.82. The topological polar surface area (TPSA) is 75.6 Å². The largest absolute Gasteiger partial charge is 0.491 e. The fraction of sp³-hybridized carbons (Fsp3) is 0.529. The molecule has 0 radical (unpaired) electrons. The summed E-state index contributed by atoms with van der Waals surface area (Å²) in [5.41, 5.74) is 0.270. The van der Waals surface area contributed by atoms with Crippen LogP contribution in [0.2, 0.25) is 0 Å². The molecule has 1 rings (SSSR count). The first kappa shape index (κ1) is 18.0. The van der Waals surface area contributed by atoms with Gasteiger partial charge in [-0.05, 0) is 40.2 Å². The Morgan fingerprint density at radius 1 is 1.27 bits per heavy atom. The van der Waals surface area contributed by atoms with Crippen LogP contribution in [-0.2, 0) is 16.0 Å². The average molecular weight is 307 g/mol. The van der Waals surface area contributed by atoms with Crippen molar-refractivity contribution in [1.29, 1.82) is 0 Å². The van der Waals surface area contributed by atoms with Crippen LogP contribution in [0.25, 0.3) is 0 Å². The molecule has 0 aliphatic rings. The van der Waals surface area contributed by atoms with Crippen LogP contribution in [0.1, 0.15) is 46.1 Å². The van der Waals surface area contributed by atoms with Crippen LogP contribution in [0.5, 0.6) is 5.75 Å². The molecule has 0 aliphatic heterocycles. The Kier molecular flexibility index (Phi) is 6.40. The number of carboxylic acids is 1. The monoisotopic (exact) mass is 307 g/mol. The summed E-state index contributed by atoms with van der Waals surface area (Å²) < 4.78 is 5.70. The van der Waals surface area contributed by atoms with Crippen molar-refractivity contribution in [3.63, 3.8) is 0 Å². The lowest BCUT2D eigenvalue weighted by Gasteiger charge is -2.26. The third-order valence-corrected chi connectivity index (χ3v) is 3.13. The molecule has 0 aromatic heterocycles. The van der Waals surface area contributed by atoms with Gasteiger partial charge in [0, 0.05) is 17.5 Å². The molecule has 0 bridgehead atoms. The summed E-state index contributed by atoms with van der Waals surface area (Å²) in [7, 11) is 0. The van der Waals surface area contributed by atoms with E-state index in [-0.39, 0.29) is 24.9 Å². The smallest absolute Gasteiger partial charge is 0.303 e. The minimum Gasteiger partial charge on any atom is -0.491 e. The molecule has 1 amide bonds. The minimum absolute atomic E-state index is 0.0281. The normalized spacial score (nSPS) is 11.3. The van der Waals surface area contributed by atoms with Gasteiger partial charge in [-0.15, -0.1) is 0 Å². The van der Waals surface area contributed by atoms with E-state index in [1.807, 2.05) is 52.0 Å². The molecule has 0 saturated heterocycles. The van der Waals surface area contributed by atoms with E-state index in [1.54, 1.807) is 0 Å². The molecular formula is C17H25NO4. The zero-order valence-corrected chi connectivity index (χ0v) is 13.7. The Balaban J connectivity index is 2.67. The molecule has 5 heteroatoms. The highest BCUT2D eigenvalue weighted by atomic mass is 16.5. The number of amides is 1. The van der Waals surface area contributed by atoms with Crippen molar-refractivity contribution < 1.29 is 19.4 Å². The van der Waals surface area contributed by atoms with E-state index in [0.717, 1.165) is 5.56 Å². The first-order valence-electron chi connectivity index (χ1n) is 7.47. The highest BCUT2D eigenvalue weighted by molar-refractivity contribution is 5.80. The first-order valence-corrected chi connectivity index (χ1v) is 7.47. The molecule has 1 aromatic carbocycles. The van der Waals surface area contributed by atoms with E-state index in [2.05, 4.69) is 5.32 Å². The maximum atomic E-state index is 12.2. The summed E-state index contributed by atoms with van der Waals surface area (Å²) in [6.07, 6.45) is 0.661. The van der Waals surface area contributed by atoms with Crippen LogP contribution < -0.4 is 10.1 Å². The number of carbonyl (C=O) groups excluding carboxylic acids is 1. The fourth-order valence-electron chi connectivity index (χ4n) is 2.10. The molecule has 22 heavy (non-hydrogen) atoms. The zero-order chi connectivity index (χ0) is 16.8. The van der Waals surface area contributed by atoms with Crippen molar-refractivity contribution in [2.45, 2.75) is 58.6 Å². The van der Waals surface area contributed by atoms with Gasteiger partial charge in [0.25, 0.3) is 0 Å². The van der Waals surface area contributed by atoms with Gasteiger partial charge in [-0.1, -0.05) is 18.2 Å². The lowest BCUT2D eigenvalue weighted by atomic mass is 9.97. The predicted octanol–water partition coefficient (Wildman–Crippen LogP) is 2.78. The van der Waals surface area contributed by atoms with E-state index >= 15 is 0 Å². The van der Waals surface area contributed by atoms with Gasteiger partial charge in [0.15, 0.2) is 0 Å². The van der Waals surface area contributed by atoms with Crippen LogP contribution in [0.4, 0.5) is 0 Å². The fourth-order valence-corrected chi connectivity index (χ4v) is 2.10. The summed E-state index contributed by atoms with van der Waals surface area (Å²) in [4.78, 5) is 22.8. The lowest BCUT2D eigenvalue weighted by molar-refractivity contribution is -0.137. The Morgan fingerprint density at radius 3 is 2.50 bits per heavy atom. The number of para-hydroxylation sites is 1. The first-order chi connectivity index (χ1) is 10.2. The van der Waals surface area contributed by atoms with E-state index in [1.165, 1.54) is 0 Å². The van der Waals surface area contributed by atoms with Crippen molar-refractivity contribution in [3.8, 4) is 5.75 Å². The van der Waals surface area contributed by atoms with Gasteiger partial charge < -0.3 is 15.2 Å². The van der Waals surface area contributed by atoms with E-state index in [4.69, 9.17) is 9.84 Å². The third kappa shape index (κ3) is 6.61. The molecule has 0 atom stereocenters. The number of carbonyl (C=O) groups is 2. The van der Waals surface area contributed by atoms with Gasteiger partial charge in [-0.3, -0.25) is 9.59 Å². The van der Waals surface area contributed by atoms with Gasteiger partial charge in [0.05, 0.1) is 12.5 Å². The molecule has 2 N–H and O–H groups in total. The molecule has 122 valence electrons. The summed E-state index contributed by atoms with van der Waals surface area (Å²) in [6.45, 7) is 7.52. The maximum absolute atomic E-state index is 12.2. The van der Waals surface area contributed by atoms with Crippen LogP contribution in [0.3, 0.4) is 0 Å². The number of aliphatic carboxylic acids is 1. The number of nitrogens with one attached hydrogen (secondary N) is 1. The predicted molar refractivity (Wildman–Crippen MR) is 85.0 cm³/mol. The Hall–Kier alpha value is -2.04. The molecule has 0 unspecified atom stereocenters. The van der Waals surface area contributed by atoms with Gasteiger partial charge in [-0.2, -0.15) is 0 Å². The Morgan fingerprint density at radius 2 is 1.91 bits per heavy atom. The number of ether oxygens (including phenoxy) is 1. The quantitative estimate of drug-likeness (QED) is 0.774. The lowest BCUT2D eigenvalue weighted by Crippen LogP contribution is -2.44. The second-order valence-electron chi connectivity index (χ2n) is 6.28. The number of hydrogen-bond donors (Lipinski definition) is 2. The summed E-state index contributed by atoms with van der Waals surface area (Å²) in [5, 5.41) is 11.6. The van der Waals surface area contributed by atoms with Crippen molar-refractivity contribution >= 4 is 11.9 Å². The Labute approximate surface area is 131 Å². The Bertz CT molecular complexity index is 523. The van der Waals surface area contributed by atoms with Gasteiger partial charge >= 0.3 is 5.97 Å². The summed E-state index contributed by atoms with van der Waals surface area (Å²) in [5.74, 6) is -0.302. The highest BCUT2D eigenvalue weighted by Gasteiger charge is 2.22. The third-order valence-electron chi connectivity index (χ3n) is 3.13. The summed E-state index contributed by atoms with van der Waals surface area (Å²) in [6, 6.07) is 7.45. The minimum atomic E-state index is -0.863. The number of rotatable bonds is 8. The molecule has 0 heterocycles. The van der Waals surface area contributed by atoms with Gasteiger partial charge in [-0.25, -0.2) is 0 Å². The number of benzene rings is 1. The van der Waals surface area contributed by atoms with Crippen LogP contribution in [0.15, 0.2) is 24.3 Å². The molecule has 0 aliphatic carbocycles. The zero-order valence-electron chi connectivity index (χ0n) is 13.7. The second-order valence-corrected chi connectivity index (χ2v) is 6.28. The standard InChI is InChI=1S/C17H25NO4/c1-12(2)22-14-8-6-5-7-13(14)11-15(19)18-17(3,4)10-9-16(20)21/h5-8,12H,9-11H2,1-4H3,(H,18,19)(H,20,21). The van der Waals surface area contributed by atoms with Crippen molar-refractivity contribution in [2.24, 2.45) is 0 Å². The van der Waals surface area contributed by atoms with Crippen LogP contribution in [-0.4, -0.2) is 28.6 Å². The van der Waals surface area contributed by atoms with Crippen molar-refractivity contribution in [2.75, 3.05) is 0 Å². The van der Waals surface area contributed by atoms with Gasteiger partial charge in [0.1, 0.15) is 5.75 Å². The van der Waals surface area contributed by atoms with Gasteiger partial charge in [0.2, 0.25) is 5.91 Å².